The lowest BCUT2D eigenvalue weighted by atomic mass is 10.1. The maximum absolute atomic E-state index is 13.9. The number of nitrogens with zero attached hydrogens (tertiary/aromatic N) is 1. The maximum atomic E-state index is 13.9. The number of carbonyl (C=O) groups is 2. The number of amides is 1. The SMILES string of the molecule is Nc1c(C(=O)Nc2ccc(C(=O)/C=C/c3cccs3)cc2)sc2nc(-c3cccs3)cc(C(F)(F)F)c12. The molecule has 5 aromatic rings. The molecule has 186 valence electrons. The molecule has 0 radical (unpaired) electrons. The van der Waals surface area contributed by atoms with Crippen LogP contribution in [0.3, 0.4) is 0 Å². The van der Waals surface area contributed by atoms with Crippen LogP contribution in [0.25, 0.3) is 26.9 Å². The van der Waals surface area contributed by atoms with Crippen LogP contribution in [0, 0.1) is 0 Å². The number of aromatic nitrogens is 1. The highest BCUT2D eigenvalue weighted by Crippen LogP contribution is 2.44. The van der Waals surface area contributed by atoms with E-state index in [2.05, 4.69) is 10.3 Å². The van der Waals surface area contributed by atoms with E-state index in [0.29, 0.717) is 16.1 Å². The van der Waals surface area contributed by atoms with Gasteiger partial charge >= 0.3 is 6.18 Å². The lowest BCUT2D eigenvalue weighted by Gasteiger charge is -2.10. The Morgan fingerprint density at radius 2 is 1.73 bits per heavy atom. The zero-order chi connectivity index (χ0) is 26.2. The summed E-state index contributed by atoms with van der Waals surface area (Å²) < 4.78 is 41.7. The Morgan fingerprint density at radius 1 is 1.00 bits per heavy atom. The van der Waals surface area contributed by atoms with Crippen LogP contribution in [0.2, 0.25) is 0 Å². The van der Waals surface area contributed by atoms with Crippen molar-refractivity contribution in [2.75, 3.05) is 11.1 Å². The van der Waals surface area contributed by atoms with E-state index in [1.54, 1.807) is 47.9 Å². The molecule has 3 N–H and O–H groups in total. The smallest absolute Gasteiger partial charge is 0.397 e. The molecule has 0 unspecified atom stereocenters. The largest absolute Gasteiger partial charge is 0.417 e. The average Bonchev–Trinajstić information content (AvgIpc) is 3.64. The van der Waals surface area contributed by atoms with Crippen LogP contribution >= 0.6 is 34.0 Å². The zero-order valence-electron chi connectivity index (χ0n) is 18.7. The molecule has 4 heterocycles. The summed E-state index contributed by atoms with van der Waals surface area (Å²) in [4.78, 5) is 31.2. The van der Waals surface area contributed by atoms with Crippen LogP contribution in [0.15, 0.2) is 71.4 Å². The Hall–Kier alpha value is -3.80. The number of rotatable bonds is 6. The van der Waals surface area contributed by atoms with Gasteiger partial charge in [0.1, 0.15) is 9.71 Å². The molecule has 0 fully saturated rings. The molecule has 0 saturated carbocycles. The molecular formula is C26H16F3N3O2S3. The molecule has 0 aliphatic carbocycles. The highest BCUT2D eigenvalue weighted by atomic mass is 32.1. The number of hydrogen-bond donors (Lipinski definition) is 2. The summed E-state index contributed by atoms with van der Waals surface area (Å²) in [5.74, 6) is -0.865. The van der Waals surface area contributed by atoms with Crippen LogP contribution < -0.4 is 11.1 Å². The minimum atomic E-state index is -4.68. The van der Waals surface area contributed by atoms with Crippen LogP contribution in [-0.4, -0.2) is 16.7 Å². The van der Waals surface area contributed by atoms with Crippen molar-refractivity contribution >= 4 is 73.4 Å². The van der Waals surface area contributed by atoms with Crippen molar-refractivity contribution < 1.29 is 22.8 Å². The van der Waals surface area contributed by atoms with Gasteiger partial charge in [-0.05, 0) is 65.4 Å². The first-order valence-electron chi connectivity index (χ1n) is 10.7. The summed E-state index contributed by atoms with van der Waals surface area (Å²) in [5, 5.41) is 6.00. The second-order valence-electron chi connectivity index (χ2n) is 7.80. The molecule has 0 bridgehead atoms. The number of hydrogen-bond acceptors (Lipinski definition) is 7. The van der Waals surface area contributed by atoms with E-state index in [1.807, 2.05) is 17.5 Å². The maximum Gasteiger partial charge on any atom is 0.417 e. The number of thiophene rings is 3. The molecule has 0 aliphatic heterocycles. The number of nitrogens with two attached hydrogens (primary N) is 1. The van der Waals surface area contributed by atoms with Crippen molar-refractivity contribution in [2.45, 2.75) is 6.18 Å². The molecule has 5 nitrogen and oxygen atoms in total. The van der Waals surface area contributed by atoms with E-state index in [-0.39, 0.29) is 32.3 Å². The molecule has 0 saturated heterocycles. The van der Waals surface area contributed by atoms with Crippen molar-refractivity contribution in [3.8, 4) is 10.6 Å². The Labute approximate surface area is 220 Å². The van der Waals surface area contributed by atoms with Crippen molar-refractivity contribution in [3.05, 3.63) is 92.3 Å². The number of carbonyl (C=O) groups excluding carboxylic acids is 2. The molecule has 37 heavy (non-hydrogen) atoms. The van der Waals surface area contributed by atoms with Crippen LogP contribution in [0.1, 0.15) is 30.5 Å². The van der Waals surface area contributed by atoms with Crippen LogP contribution in [-0.2, 0) is 6.18 Å². The fourth-order valence-corrected chi connectivity index (χ4v) is 5.93. The van der Waals surface area contributed by atoms with Gasteiger partial charge in [-0.25, -0.2) is 4.98 Å². The number of allylic oxidation sites excluding steroid dienone is 1. The molecule has 5 rings (SSSR count). The number of halogens is 3. The number of ketones is 1. The minimum Gasteiger partial charge on any atom is -0.397 e. The number of fused-ring (bicyclic) bond motifs is 1. The van der Waals surface area contributed by atoms with Crippen molar-refractivity contribution in [2.24, 2.45) is 0 Å². The first-order chi connectivity index (χ1) is 17.7. The van der Waals surface area contributed by atoms with Gasteiger partial charge in [0.2, 0.25) is 0 Å². The summed E-state index contributed by atoms with van der Waals surface area (Å²) in [6.07, 6.45) is -1.50. The predicted octanol–water partition coefficient (Wildman–Crippen LogP) is 7.84. The quantitative estimate of drug-likeness (QED) is 0.165. The van der Waals surface area contributed by atoms with Crippen LogP contribution in [0.4, 0.5) is 24.5 Å². The Bertz CT molecular complexity index is 1620. The first kappa shape index (κ1) is 24.9. The van der Waals surface area contributed by atoms with Gasteiger partial charge in [0.25, 0.3) is 5.91 Å². The third kappa shape index (κ3) is 5.19. The van der Waals surface area contributed by atoms with Crippen molar-refractivity contribution in [1.29, 1.82) is 0 Å². The number of alkyl halides is 3. The monoisotopic (exact) mass is 555 g/mol. The molecule has 1 aromatic carbocycles. The molecular weight excluding hydrogens is 540 g/mol. The third-order valence-electron chi connectivity index (χ3n) is 5.35. The summed E-state index contributed by atoms with van der Waals surface area (Å²) in [6, 6.07) is 14.3. The highest BCUT2D eigenvalue weighted by molar-refractivity contribution is 7.21. The number of benzene rings is 1. The van der Waals surface area contributed by atoms with E-state index in [0.717, 1.165) is 22.3 Å². The Kier molecular flexibility index (Phi) is 6.67. The normalized spacial score (nSPS) is 11.9. The average molecular weight is 556 g/mol. The Balaban J connectivity index is 1.41. The molecule has 0 atom stereocenters. The summed E-state index contributed by atoms with van der Waals surface area (Å²) in [6.45, 7) is 0. The number of pyridine rings is 1. The lowest BCUT2D eigenvalue weighted by molar-refractivity contribution is -0.136. The molecule has 1 amide bonds. The predicted molar refractivity (Wildman–Crippen MR) is 144 cm³/mol. The van der Waals surface area contributed by atoms with Gasteiger partial charge in [-0.3, -0.25) is 9.59 Å². The van der Waals surface area contributed by atoms with Gasteiger partial charge in [-0.15, -0.1) is 34.0 Å². The third-order valence-corrected chi connectivity index (χ3v) is 8.18. The molecule has 0 aliphatic rings. The van der Waals surface area contributed by atoms with Crippen molar-refractivity contribution in [1.82, 2.24) is 4.98 Å². The fraction of sp³-hybridized carbons (Fsp3) is 0.0385. The minimum absolute atomic E-state index is 0.0272. The zero-order valence-corrected chi connectivity index (χ0v) is 21.2. The van der Waals surface area contributed by atoms with E-state index < -0.39 is 17.6 Å². The molecule has 11 heteroatoms. The number of nitrogen functional groups attached to an aromatic ring is 1. The summed E-state index contributed by atoms with van der Waals surface area (Å²) in [7, 11) is 0. The standard InChI is InChI=1S/C26H16F3N3O2S3/c27-26(28,29)17-13-18(20-4-2-12-36-20)32-25-21(17)22(30)23(37-25)24(34)31-15-7-5-14(6-8-15)19(33)10-9-16-3-1-11-35-16/h1-13H,30H2,(H,31,34)/b10-9+. The topological polar surface area (TPSA) is 85.1 Å². The van der Waals surface area contributed by atoms with Gasteiger partial charge < -0.3 is 11.1 Å². The van der Waals surface area contributed by atoms with Gasteiger partial charge in [0.15, 0.2) is 5.78 Å². The van der Waals surface area contributed by atoms with Crippen LogP contribution in [0.5, 0.6) is 0 Å². The fourth-order valence-electron chi connectivity index (χ4n) is 3.61. The molecule has 4 aromatic heterocycles. The second-order valence-corrected chi connectivity index (χ2v) is 10.7. The van der Waals surface area contributed by atoms with Gasteiger partial charge in [-0.1, -0.05) is 12.1 Å². The second kappa shape index (κ2) is 9.92. The lowest BCUT2D eigenvalue weighted by Crippen LogP contribution is -2.12. The molecule has 0 spiro atoms. The van der Waals surface area contributed by atoms with Gasteiger partial charge in [0.05, 0.1) is 21.8 Å². The van der Waals surface area contributed by atoms with E-state index in [1.165, 1.54) is 28.7 Å². The van der Waals surface area contributed by atoms with E-state index >= 15 is 0 Å². The van der Waals surface area contributed by atoms with Gasteiger partial charge in [-0.2, -0.15) is 13.2 Å². The first-order valence-corrected chi connectivity index (χ1v) is 13.3. The van der Waals surface area contributed by atoms with E-state index in [4.69, 9.17) is 5.73 Å². The highest BCUT2D eigenvalue weighted by Gasteiger charge is 2.36. The summed E-state index contributed by atoms with van der Waals surface area (Å²) in [5.41, 5.74) is 5.79. The van der Waals surface area contributed by atoms with Crippen molar-refractivity contribution in [3.63, 3.8) is 0 Å². The van der Waals surface area contributed by atoms with E-state index in [9.17, 15) is 22.8 Å². The Morgan fingerprint density at radius 3 is 2.38 bits per heavy atom. The summed E-state index contributed by atoms with van der Waals surface area (Å²) >= 11 is 3.58. The van der Waals surface area contributed by atoms with Gasteiger partial charge in [0, 0.05) is 21.5 Å². The number of nitrogens with one attached hydrogen (secondary N) is 1. The number of anilines is 2.